The maximum Gasteiger partial charge on any atom is 0.275 e. The van der Waals surface area contributed by atoms with Crippen LogP contribution in [0.4, 0.5) is 0 Å². The minimum atomic E-state index is -1.24. The van der Waals surface area contributed by atoms with Crippen molar-refractivity contribution in [3.8, 4) is 11.5 Å². The molecule has 5 heteroatoms. The molecule has 2 rings (SSSR count). The average molecular weight is 397 g/mol. The van der Waals surface area contributed by atoms with E-state index in [2.05, 4.69) is 18.5 Å². The molecule has 0 saturated heterocycles. The lowest BCUT2D eigenvalue weighted by Gasteiger charge is -2.34. The lowest BCUT2D eigenvalue weighted by atomic mass is 10.1. The Morgan fingerprint density at radius 1 is 0.897 bits per heavy atom. The molecule has 0 bridgehead atoms. The topological polar surface area (TPSA) is 76.7 Å². The summed E-state index contributed by atoms with van der Waals surface area (Å²) in [7, 11) is 0. The van der Waals surface area contributed by atoms with Crippen LogP contribution in [0.25, 0.3) is 0 Å². The van der Waals surface area contributed by atoms with Gasteiger partial charge in [-0.2, -0.15) is 0 Å². The van der Waals surface area contributed by atoms with E-state index < -0.39 is 5.79 Å². The highest BCUT2D eigenvalue weighted by atomic mass is 16.7. The van der Waals surface area contributed by atoms with Gasteiger partial charge < -0.3 is 25.6 Å². The lowest BCUT2D eigenvalue weighted by molar-refractivity contribution is -0.149. The molecule has 0 amide bonds. The van der Waals surface area contributed by atoms with Crippen LogP contribution in [0, 0.1) is 0 Å². The number of para-hydroxylation sites is 2. The third-order valence-corrected chi connectivity index (χ3v) is 4.51. The Morgan fingerprint density at radius 3 is 1.86 bits per heavy atom. The smallest absolute Gasteiger partial charge is 0.275 e. The monoisotopic (exact) mass is 396 g/mol. The number of nitrogens with two attached hydrogens (primary N) is 1. The second kappa shape index (κ2) is 12.1. The van der Waals surface area contributed by atoms with Gasteiger partial charge in [0.2, 0.25) is 0 Å². The molecule has 29 heavy (non-hydrogen) atoms. The minimum absolute atomic E-state index is 0.303. The van der Waals surface area contributed by atoms with Crippen LogP contribution in [0.5, 0.6) is 11.5 Å². The number of hydrogen-bond acceptors (Lipinski definition) is 5. The molecule has 2 aromatic carbocycles. The molecule has 0 aliphatic rings. The van der Waals surface area contributed by atoms with E-state index >= 15 is 0 Å². The fraction of sp³-hybridized carbons (Fsp3) is 0.333. The molecule has 0 spiro atoms. The van der Waals surface area contributed by atoms with E-state index in [4.69, 9.17) is 15.2 Å². The molecule has 0 unspecified atom stereocenters. The van der Waals surface area contributed by atoms with E-state index in [-0.39, 0.29) is 6.61 Å². The number of rotatable bonds is 14. The number of aliphatic hydroxyl groups is 1. The summed E-state index contributed by atoms with van der Waals surface area (Å²) in [6.45, 7) is 9.14. The maximum atomic E-state index is 10.4. The van der Waals surface area contributed by atoms with E-state index in [1.54, 1.807) is 0 Å². The fourth-order valence-corrected chi connectivity index (χ4v) is 3.03. The minimum Gasteiger partial charge on any atom is -0.450 e. The maximum absolute atomic E-state index is 10.4. The summed E-state index contributed by atoms with van der Waals surface area (Å²) in [5.74, 6) is 0.0961. The Morgan fingerprint density at radius 2 is 1.41 bits per heavy atom. The third-order valence-electron chi connectivity index (χ3n) is 4.51. The summed E-state index contributed by atoms with van der Waals surface area (Å²) in [5.41, 5.74) is 7.54. The summed E-state index contributed by atoms with van der Waals surface area (Å²) in [5, 5.41) is 13.6. The molecule has 0 atom stereocenters. The molecule has 0 fully saturated rings. The van der Waals surface area contributed by atoms with Gasteiger partial charge in [0.15, 0.2) is 0 Å². The SMILES string of the molecule is C=CCc1ccccc1OC(CO)(CCNCCN)Oc1ccccc1CC=C. The van der Waals surface area contributed by atoms with E-state index in [0.29, 0.717) is 50.4 Å². The fourth-order valence-electron chi connectivity index (χ4n) is 3.03. The molecular weight excluding hydrogens is 364 g/mol. The highest BCUT2D eigenvalue weighted by Gasteiger charge is 2.35. The summed E-state index contributed by atoms with van der Waals surface area (Å²) < 4.78 is 12.7. The Kier molecular flexibility index (Phi) is 9.44. The van der Waals surface area contributed by atoms with Gasteiger partial charge in [-0.25, -0.2) is 0 Å². The number of nitrogens with one attached hydrogen (secondary N) is 1. The van der Waals surface area contributed by atoms with E-state index in [1.165, 1.54) is 0 Å². The van der Waals surface area contributed by atoms with E-state index in [9.17, 15) is 5.11 Å². The predicted molar refractivity (Wildman–Crippen MR) is 118 cm³/mol. The van der Waals surface area contributed by atoms with Crippen LogP contribution >= 0.6 is 0 Å². The largest absolute Gasteiger partial charge is 0.450 e. The predicted octanol–water partition coefficient (Wildman–Crippen LogP) is 3.23. The normalized spacial score (nSPS) is 11.1. The van der Waals surface area contributed by atoms with Gasteiger partial charge >= 0.3 is 0 Å². The quantitative estimate of drug-likeness (QED) is 0.260. The lowest BCUT2D eigenvalue weighted by Crippen LogP contribution is -2.48. The van der Waals surface area contributed by atoms with Crippen molar-refractivity contribution in [2.75, 3.05) is 26.2 Å². The first kappa shape index (κ1) is 22.7. The molecule has 2 aromatic rings. The number of benzene rings is 2. The van der Waals surface area contributed by atoms with E-state index in [0.717, 1.165) is 11.1 Å². The molecule has 0 heterocycles. The van der Waals surface area contributed by atoms with Crippen molar-refractivity contribution in [3.05, 3.63) is 85.0 Å². The van der Waals surface area contributed by atoms with Crippen molar-refractivity contribution in [3.63, 3.8) is 0 Å². The van der Waals surface area contributed by atoms with Crippen molar-refractivity contribution in [2.24, 2.45) is 5.73 Å². The Hall–Kier alpha value is -2.60. The number of ether oxygens (including phenoxy) is 2. The first-order valence-corrected chi connectivity index (χ1v) is 9.95. The standard InChI is InChI=1S/C24H32N2O3/c1-3-9-20-11-5-7-13-22(20)28-24(19-27,15-17-26-18-16-25)29-23-14-8-6-12-21(23)10-4-2/h3-8,11-14,26-27H,1-2,9-10,15-19,25H2. The van der Waals surface area contributed by atoms with Gasteiger partial charge in [-0.3, -0.25) is 0 Å². The number of aliphatic hydroxyl groups excluding tert-OH is 1. The van der Waals surface area contributed by atoms with Crippen LogP contribution in [0.1, 0.15) is 17.5 Å². The highest BCUT2D eigenvalue weighted by Crippen LogP contribution is 2.30. The van der Waals surface area contributed by atoms with Crippen LogP contribution in [-0.4, -0.2) is 37.1 Å². The van der Waals surface area contributed by atoms with Gasteiger partial charge in [0.05, 0.1) is 0 Å². The van der Waals surface area contributed by atoms with Gasteiger partial charge in [0.25, 0.3) is 5.79 Å². The molecule has 4 N–H and O–H groups in total. The van der Waals surface area contributed by atoms with Gasteiger partial charge in [0.1, 0.15) is 18.1 Å². The van der Waals surface area contributed by atoms with Crippen molar-refractivity contribution < 1.29 is 14.6 Å². The molecule has 0 saturated carbocycles. The summed E-state index contributed by atoms with van der Waals surface area (Å²) >= 11 is 0. The van der Waals surface area contributed by atoms with Gasteiger partial charge in [-0.05, 0) is 36.1 Å². The van der Waals surface area contributed by atoms with Crippen molar-refractivity contribution in [1.29, 1.82) is 0 Å². The van der Waals surface area contributed by atoms with Crippen molar-refractivity contribution in [1.82, 2.24) is 5.32 Å². The van der Waals surface area contributed by atoms with Gasteiger partial charge in [-0.1, -0.05) is 48.6 Å². The average Bonchev–Trinajstić information content (AvgIpc) is 2.74. The molecular formula is C24H32N2O3. The Bertz CT molecular complexity index is 721. The first-order chi connectivity index (χ1) is 14.2. The summed E-state index contributed by atoms with van der Waals surface area (Å²) in [4.78, 5) is 0. The van der Waals surface area contributed by atoms with Gasteiger partial charge in [-0.15, -0.1) is 13.2 Å². The van der Waals surface area contributed by atoms with Gasteiger partial charge in [0, 0.05) is 26.1 Å². The molecule has 0 aromatic heterocycles. The van der Waals surface area contributed by atoms with E-state index in [1.807, 2.05) is 60.7 Å². The third kappa shape index (κ3) is 6.75. The molecule has 0 aliphatic heterocycles. The highest BCUT2D eigenvalue weighted by molar-refractivity contribution is 5.37. The Labute approximate surface area is 173 Å². The zero-order chi connectivity index (χ0) is 21.0. The Balaban J connectivity index is 2.34. The summed E-state index contributed by atoms with van der Waals surface area (Å²) in [6, 6.07) is 15.5. The molecule has 5 nitrogen and oxygen atoms in total. The van der Waals surface area contributed by atoms with Crippen LogP contribution < -0.4 is 20.5 Å². The van der Waals surface area contributed by atoms with Crippen LogP contribution in [0.3, 0.4) is 0 Å². The van der Waals surface area contributed by atoms with Crippen molar-refractivity contribution in [2.45, 2.75) is 25.0 Å². The number of allylic oxidation sites excluding steroid dienone is 2. The second-order valence-corrected chi connectivity index (χ2v) is 6.76. The number of hydrogen-bond donors (Lipinski definition) is 3. The zero-order valence-electron chi connectivity index (χ0n) is 17.0. The van der Waals surface area contributed by atoms with Crippen LogP contribution in [0.15, 0.2) is 73.8 Å². The molecule has 0 radical (unpaired) electrons. The zero-order valence-corrected chi connectivity index (χ0v) is 17.0. The second-order valence-electron chi connectivity index (χ2n) is 6.76. The van der Waals surface area contributed by atoms with Crippen LogP contribution in [0.2, 0.25) is 0 Å². The summed E-state index contributed by atoms with van der Waals surface area (Å²) in [6.07, 6.45) is 5.42. The van der Waals surface area contributed by atoms with Crippen LogP contribution in [-0.2, 0) is 12.8 Å². The molecule has 156 valence electrons. The van der Waals surface area contributed by atoms with Crippen molar-refractivity contribution >= 4 is 0 Å². The first-order valence-electron chi connectivity index (χ1n) is 9.95. The molecule has 0 aliphatic carbocycles.